The third-order valence-electron chi connectivity index (χ3n) is 4.54. The first-order valence-corrected chi connectivity index (χ1v) is 9.32. The second-order valence-electron chi connectivity index (χ2n) is 6.47. The quantitative estimate of drug-likeness (QED) is 0.551. The summed E-state index contributed by atoms with van der Waals surface area (Å²) in [5.41, 5.74) is 2.56. The summed E-state index contributed by atoms with van der Waals surface area (Å²) in [5.74, 6) is 2.56. The molecule has 0 atom stereocenters. The fraction of sp³-hybridized carbons (Fsp3) is 0.136. The SMILES string of the molecule is c1ccc(COc2ccc(Oc3ncnc4ccc5c(c34)OCCN5)cc2)nc1. The van der Waals surface area contributed by atoms with E-state index in [1.165, 1.54) is 6.33 Å². The molecule has 0 unspecified atom stereocenters. The van der Waals surface area contributed by atoms with Gasteiger partial charge in [-0.2, -0.15) is 0 Å². The summed E-state index contributed by atoms with van der Waals surface area (Å²) < 4.78 is 17.7. The highest BCUT2D eigenvalue weighted by Gasteiger charge is 2.18. The van der Waals surface area contributed by atoms with Crippen molar-refractivity contribution in [1.82, 2.24) is 15.0 Å². The Kier molecular flexibility index (Phi) is 4.54. The minimum absolute atomic E-state index is 0.411. The van der Waals surface area contributed by atoms with Crippen LogP contribution in [0.25, 0.3) is 10.9 Å². The van der Waals surface area contributed by atoms with Gasteiger partial charge in [0.15, 0.2) is 5.75 Å². The summed E-state index contributed by atoms with van der Waals surface area (Å²) in [7, 11) is 0. The molecule has 0 aliphatic carbocycles. The molecule has 3 heterocycles. The third-order valence-corrected chi connectivity index (χ3v) is 4.54. The molecule has 4 aromatic rings. The van der Waals surface area contributed by atoms with Gasteiger partial charge in [0, 0.05) is 12.7 Å². The number of pyridine rings is 1. The lowest BCUT2D eigenvalue weighted by Crippen LogP contribution is -2.18. The number of hydrogen-bond acceptors (Lipinski definition) is 7. The van der Waals surface area contributed by atoms with E-state index in [1.54, 1.807) is 6.20 Å². The molecule has 7 heteroatoms. The fourth-order valence-corrected chi connectivity index (χ4v) is 3.16. The number of hydrogen-bond donors (Lipinski definition) is 1. The van der Waals surface area contributed by atoms with Crippen molar-refractivity contribution in [3.63, 3.8) is 0 Å². The van der Waals surface area contributed by atoms with E-state index in [4.69, 9.17) is 14.2 Å². The van der Waals surface area contributed by atoms with Crippen molar-refractivity contribution in [3.05, 3.63) is 72.8 Å². The largest absolute Gasteiger partial charge is 0.489 e. The normalized spacial score (nSPS) is 12.6. The number of ether oxygens (including phenoxy) is 3. The second-order valence-corrected chi connectivity index (χ2v) is 6.47. The van der Waals surface area contributed by atoms with Crippen LogP contribution in [0.4, 0.5) is 5.69 Å². The molecule has 0 fully saturated rings. The standard InChI is InChI=1S/C22H18N4O3/c1-2-10-23-15(3-1)13-28-16-4-6-17(7-5-16)29-22-20-18(25-14-26-22)8-9-19-21(20)27-12-11-24-19/h1-10,14,24H,11-13H2. The predicted octanol–water partition coefficient (Wildman–Crippen LogP) is 4.20. The van der Waals surface area contributed by atoms with Crippen molar-refractivity contribution in [2.24, 2.45) is 0 Å². The van der Waals surface area contributed by atoms with E-state index in [0.717, 1.165) is 40.3 Å². The van der Waals surface area contributed by atoms with Gasteiger partial charge in [-0.25, -0.2) is 9.97 Å². The zero-order valence-electron chi connectivity index (χ0n) is 15.5. The minimum atomic E-state index is 0.411. The number of anilines is 1. The monoisotopic (exact) mass is 386 g/mol. The first-order valence-electron chi connectivity index (χ1n) is 9.32. The van der Waals surface area contributed by atoms with Crippen molar-refractivity contribution in [1.29, 1.82) is 0 Å². The molecule has 0 spiro atoms. The molecule has 2 aromatic carbocycles. The first kappa shape index (κ1) is 17.2. The van der Waals surface area contributed by atoms with Crippen LogP contribution in [0.5, 0.6) is 23.1 Å². The number of fused-ring (bicyclic) bond motifs is 3. The van der Waals surface area contributed by atoms with E-state index in [9.17, 15) is 0 Å². The molecular weight excluding hydrogens is 368 g/mol. The molecule has 5 rings (SSSR count). The minimum Gasteiger partial charge on any atom is -0.489 e. The van der Waals surface area contributed by atoms with Crippen LogP contribution < -0.4 is 19.5 Å². The van der Waals surface area contributed by atoms with Gasteiger partial charge in [-0.1, -0.05) is 6.07 Å². The molecule has 0 amide bonds. The fourth-order valence-electron chi connectivity index (χ4n) is 3.16. The lowest BCUT2D eigenvalue weighted by molar-refractivity contribution is 0.301. The maximum Gasteiger partial charge on any atom is 0.234 e. The molecule has 0 saturated heterocycles. The van der Waals surface area contributed by atoms with Gasteiger partial charge >= 0.3 is 0 Å². The van der Waals surface area contributed by atoms with Crippen LogP contribution in [0.2, 0.25) is 0 Å². The lowest BCUT2D eigenvalue weighted by Gasteiger charge is -2.21. The molecular formula is C22H18N4O3. The zero-order chi connectivity index (χ0) is 19.5. The van der Waals surface area contributed by atoms with Gasteiger partial charge in [-0.3, -0.25) is 4.98 Å². The highest BCUT2D eigenvalue weighted by molar-refractivity contribution is 5.95. The predicted molar refractivity (Wildman–Crippen MR) is 109 cm³/mol. The Labute approximate surface area is 167 Å². The number of benzene rings is 2. The maximum atomic E-state index is 6.05. The van der Waals surface area contributed by atoms with Gasteiger partial charge in [0.05, 0.1) is 16.9 Å². The molecule has 0 saturated carbocycles. The van der Waals surface area contributed by atoms with Crippen LogP contribution in [0.3, 0.4) is 0 Å². The van der Waals surface area contributed by atoms with Crippen LogP contribution in [0, 0.1) is 0 Å². The van der Waals surface area contributed by atoms with Gasteiger partial charge < -0.3 is 19.5 Å². The maximum absolute atomic E-state index is 6.05. The average Bonchev–Trinajstić information content (AvgIpc) is 2.79. The van der Waals surface area contributed by atoms with Crippen LogP contribution in [-0.4, -0.2) is 28.1 Å². The van der Waals surface area contributed by atoms with Gasteiger partial charge in [-0.15, -0.1) is 0 Å². The van der Waals surface area contributed by atoms with Crippen molar-refractivity contribution >= 4 is 16.6 Å². The summed E-state index contributed by atoms with van der Waals surface area (Å²) >= 11 is 0. The second kappa shape index (κ2) is 7.63. The average molecular weight is 386 g/mol. The molecule has 0 bridgehead atoms. The summed E-state index contributed by atoms with van der Waals surface area (Å²) in [6.45, 7) is 1.76. The Bertz CT molecular complexity index is 1130. The van der Waals surface area contributed by atoms with Gasteiger partial charge in [0.25, 0.3) is 0 Å². The Morgan fingerprint density at radius 1 is 0.931 bits per heavy atom. The van der Waals surface area contributed by atoms with Crippen molar-refractivity contribution in [2.75, 3.05) is 18.5 Å². The highest BCUT2D eigenvalue weighted by atomic mass is 16.5. The smallest absolute Gasteiger partial charge is 0.234 e. The molecule has 1 aliphatic heterocycles. The van der Waals surface area contributed by atoms with Crippen LogP contribution in [0.1, 0.15) is 5.69 Å². The van der Waals surface area contributed by atoms with E-state index >= 15 is 0 Å². The van der Waals surface area contributed by atoms with E-state index in [-0.39, 0.29) is 0 Å². The molecule has 144 valence electrons. The van der Waals surface area contributed by atoms with Crippen LogP contribution in [0.15, 0.2) is 67.1 Å². The summed E-state index contributed by atoms with van der Waals surface area (Å²) in [6.07, 6.45) is 3.24. The Balaban J connectivity index is 1.37. The summed E-state index contributed by atoms with van der Waals surface area (Å²) in [4.78, 5) is 12.9. The van der Waals surface area contributed by atoms with Crippen LogP contribution in [-0.2, 0) is 6.61 Å². The Morgan fingerprint density at radius 3 is 2.69 bits per heavy atom. The zero-order valence-corrected chi connectivity index (χ0v) is 15.5. The number of nitrogens with zero attached hydrogens (tertiary/aromatic N) is 3. The van der Waals surface area contributed by atoms with Gasteiger partial charge in [-0.05, 0) is 48.5 Å². The van der Waals surface area contributed by atoms with Crippen molar-refractivity contribution in [2.45, 2.75) is 6.61 Å². The molecule has 29 heavy (non-hydrogen) atoms. The first-order chi connectivity index (χ1) is 14.4. The van der Waals surface area contributed by atoms with Crippen LogP contribution >= 0.6 is 0 Å². The summed E-state index contributed by atoms with van der Waals surface area (Å²) in [5, 5.41) is 4.08. The summed E-state index contributed by atoms with van der Waals surface area (Å²) in [6, 6.07) is 17.0. The topological polar surface area (TPSA) is 78.4 Å². The van der Waals surface area contributed by atoms with Crippen molar-refractivity contribution < 1.29 is 14.2 Å². The number of aromatic nitrogens is 3. The van der Waals surface area contributed by atoms with E-state index in [1.807, 2.05) is 54.6 Å². The number of nitrogens with one attached hydrogen (secondary N) is 1. The highest BCUT2D eigenvalue weighted by Crippen LogP contribution is 2.40. The molecule has 7 nitrogen and oxygen atoms in total. The number of rotatable bonds is 5. The third kappa shape index (κ3) is 3.62. The van der Waals surface area contributed by atoms with Gasteiger partial charge in [0.1, 0.15) is 36.4 Å². The van der Waals surface area contributed by atoms with E-state index < -0.39 is 0 Å². The van der Waals surface area contributed by atoms with Gasteiger partial charge in [0.2, 0.25) is 5.88 Å². The Hall–Kier alpha value is -3.87. The molecule has 1 aliphatic rings. The van der Waals surface area contributed by atoms with E-state index in [2.05, 4.69) is 20.3 Å². The van der Waals surface area contributed by atoms with Crippen molar-refractivity contribution in [3.8, 4) is 23.1 Å². The Morgan fingerprint density at radius 2 is 1.83 bits per heavy atom. The lowest BCUT2D eigenvalue weighted by atomic mass is 10.1. The van der Waals surface area contributed by atoms with E-state index in [0.29, 0.717) is 24.8 Å². The molecule has 2 aromatic heterocycles. The molecule has 0 radical (unpaired) electrons. The molecule has 1 N–H and O–H groups in total.